The van der Waals surface area contributed by atoms with E-state index in [1.807, 2.05) is 9.80 Å². The SMILES string of the molecule is O=C(/C=C/C(=O)OCc1c[nH]c(=O)n(CCCN2CCN(c3ccccc3OCC(F)(F)F)CC2)c1=O)OCc1c[nH]c(=O)n(CCCN2CCN(c3ccccc3OCC(F)(F)F)CC2)c1=O. The molecule has 2 aliphatic rings. The zero-order chi connectivity index (χ0) is 48.8. The molecule has 68 heavy (non-hydrogen) atoms. The van der Waals surface area contributed by atoms with Crippen molar-refractivity contribution in [3.8, 4) is 11.5 Å². The Morgan fingerprint density at radius 2 is 0.912 bits per heavy atom. The molecular formula is C44H50F6N8O10. The summed E-state index contributed by atoms with van der Waals surface area (Å²) in [6.45, 7) is 1.61. The molecule has 368 valence electrons. The predicted octanol–water partition coefficient (Wildman–Crippen LogP) is 3.04. The Balaban J connectivity index is 0.898. The predicted molar refractivity (Wildman–Crippen MR) is 234 cm³/mol. The maximum Gasteiger partial charge on any atom is 0.422 e. The first kappa shape index (κ1) is 50.6. The molecule has 2 N–H and O–H groups in total. The molecule has 0 atom stereocenters. The van der Waals surface area contributed by atoms with Gasteiger partial charge in [-0.1, -0.05) is 24.3 Å². The van der Waals surface area contributed by atoms with Crippen molar-refractivity contribution in [3.05, 3.63) is 126 Å². The second kappa shape index (κ2) is 23.3. The number of anilines is 2. The summed E-state index contributed by atoms with van der Waals surface area (Å²) in [5, 5.41) is 0. The largest absolute Gasteiger partial charge is 0.482 e. The van der Waals surface area contributed by atoms with Crippen molar-refractivity contribution in [3.63, 3.8) is 0 Å². The van der Waals surface area contributed by atoms with Gasteiger partial charge in [0.05, 0.1) is 22.5 Å². The highest BCUT2D eigenvalue weighted by molar-refractivity contribution is 5.91. The number of carbonyl (C=O) groups excluding carboxylic acids is 2. The van der Waals surface area contributed by atoms with Gasteiger partial charge in [-0.3, -0.25) is 28.5 Å². The quantitative estimate of drug-likeness (QED) is 0.0746. The molecular weight excluding hydrogens is 915 g/mol. The highest BCUT2D eigenvalue weighted by Crippen LogP contribution is 2.32. The standard InChI is InChI=1S/C44H50F6N8O10/c45-43(46,47)29-67-35-9-3-1-7-33(35)55-21-17-53(18-22-55)13-5-15-57-39(61)31(25-51-41(57)63)27-65-37(59)11-12-38(60)66-28-32-26-52-42(64)58(40(32)62)16-6-14-54-19-23-56(24-20-54)34-8-2-4-10-36(34)68-30-44(48,49)50/h1-4,7-12,25-26H,5-6,13-24,27-30H2,(H,51,63)(H,52,64)/b12-11+. The van der Waals surface area contributed by atoms with Crippen molar-refractivity contribution in [2.24, 2.45) is 0 Å². The van der Waals surface area contributed by atoms with E-state index in [1.165, 1.54) is 12.1 Å². The zero-order valence-electron chi connectivity index (χ0n) is 36.7. The molecule has 0 aliphatic carbocycles. The topological polar surface area (TPSA) is 194 Å². The second-order valence-electron chi connectivity index (χ2n) is 15.8. The molecule has 2 aromatic carbocycles. The number of hydrogen-bond donors (Lipinski definition) is 2. The molecule has 24 heteroatoms. The summed E-state index contributed by atoms with van der Waals surface area (Å²) in [4.78, 5) is 89.0. The summed E-state index contributed by atoms with van der Waals surface area (Å²) in [6.07, 6.45) is -4.38. The highest BCUT2D eigenvalue weighted by Gasteiger charge is 2.31. The van der Waals surface area contributed by atoms with Crippen molar-refractivity contribution >= 4 is 23.3 Å². The van der Waals surface area contributed by atoms with E-state index in [-0.39, 0.29) is 35.7 Å². The van der Waals surface area contributed by atoms with Gasteiger partial charge in [0.2, 0.25) is 0 Å². The number of piperazine rings is 2. The van der Waals surface area contributed by atoms with Crippen LogP contribution in [-0.4, -0.2) is 132 Å². The number of rotatable bonds is 20. The summed E-state index contributed by atoms with van der Waals surface area (Å²) in [7, 11) is 0. The molecule has 4 heterocycles. The van der Waals surface area contributed by atoms with Crippen LogP contribution >= 0.6 is 0 Å². The highest BCUT2D eigenvalue weighted by atomic mass is 19.4. The molecule has 0 spiro atoms. The summed E-state index contributed by atoms with van der Waals surface area (Å²) in [5.74, 6) is -1.75. The third kappa shape index (κ3) is 14.8. The van der Waals surface area contributed by atoms with Crippen LogP contribution in [-0.2, 0) is 45.4 Å². The molecule has 2 aliphatic heterocycles. The molecule has 2 saturated heterocycles. The van der Waals surface area contributed by atoms with Gasteiger partial charge in [0.15, 0.2) is 13.2 Å². The van der Waals surface area contributed by atoms with E-state index < -0.39 is 73.2 Å². The number of H-pyrrole nitrogens is 2. The summed E-state index contributed by atoms with van der Waals surface area (Å²) in [5.41, 5.74) is -1.67. The Morgan fingerprint density at radius 3 is 1.28 bits per heavy atom. The first-order valence-electron chi connectivity index (χ1n) is 21.6. The lowest BCUT2D eigenvalue weighted by atomic mass is 10.2. The zero-order valence-corrected chi connectivity index (χ0v) is 36.7. The van der Waals surface area contributed by atoms with Crippen molar-refractivity contribution in [2.45, 2.75) is 51.5 Å². The van der Waals surface area contributed by atoms with Crippen LogP contribution in [0.3, 0.4) is 0 Å². The van der Waals surface area contributed by atoms with Crippen LogP contribution in [0.25, 0.3) is 0 Å². The monoisotopic (exact) mass is 964 g/mol. The van der Waals surface area contributed by atoms with E-state index >= 15 is 0 Å². The van der Waals surface area contributed by atoms with E-state index in [2.05, 4.69) is 19.8 Å². The first-order chi connectivity index (χ1) is 32.4. The van der Waals surface area contributed by atoms with Gasteiger partial charge < -0.3 is 38.7 Å². The summed E-state index contributed by atoms with van der Waals surface area (Å²) in [6, 6.07) is 13.0. The lowest BCUT2D eigenvalue weighted by Gasteiger charge is -2.36. The van der Waals surface area contributed by atoms with Crippen LogP contribution < -0.4 is 41.8 Å². The fraction of sp³-hybridized carbons (Fsp3) is 0.455. The molecule has 0 amide bonds. The van der Waals surface area contributed by atoms with Gasteiger partial charge in [0, 0.05) is 90.0 Å². The number of halogens is 6. The van der Waals surface area contributed by atoms with E-state index in [9.17, 15) is 55.1 Å². The first-order valence-corrected chi connectivity index (χ1v) is 21.6. The van der Waals surface area contributed by atoms with Crippen LogP contribution in [0.2, 0.25) is 0 Å². The maximum atomic E-state index is 13.1. The second-order valence-corrected chi connectivity index (χ2v) is 15.8. The van der Waals surface area contributed by atoms with Crippen molar-refractivity contribution in [1.29, 1.82) is 0 Å². The molecule has 0 unspecified atom stereocenters. The van der Waals surface area contributed by atoms with Gasteiger partial charge in [-0.05, 0) is 50.2 Å². The third-order valence-electron chi connectivity index (χ3n) is 11.0. The van der Waals surface area contributed by atoms with E-state index in [0.29, 0.717) is 89.7 Å². The Morgan fingerprint density at radius 1 is 0.544 bits per heavy atom. The van der Waals surface area contributed by atoms with Crippen molar-refractivity contribution < 1.29 is 54.9 Å². The Kier molecular flexibility index (Phi) is 17.3. The number of alkyl halides is 6. The number of nitrogens with zero attached hydrogens (tertiary/aromatic N) is 6. The van der Waals surface area contributed by atoms with Crippen molar-refractivity contribution in [2.75, 3.05) is 88.5 Å². The van der Waals surface area contributed by atoms with Gasteiger partial charge in [0.25, 0.3) is 11.1 Å². The van der Waals surface area contributed by atoms with Crippen LogP contribution in [0.1, 0.15) is 24.0 Å². The van der Waals surface area contributed by atoms with Crippen LogP contribution in [0.15, 0.2) is 92.3 Å². The minimum absolute atomic E-state index is 0.0380. The number of benzene rings is 2. The molecule has 0 radical (unpaired) electrons. The average molecular weight is 965 g/mol. The maximum absolute atomic E-state index is 13.1. The van der Waals surface area contributed by atoms with E-state index in [4.69, 9.17) is 18.9 Å². The molecule has 2 aromatic heterocycles. The Bertz CT molecular complexity index is 2440. The molecule has 4 aromatic rings. The van der Waals surface area contributed by atoms with Gasteiger partial charge >= 0.3 is 35.7 Å². The summed E-state index contributed by atoms with van der Waals surface area (Å²) < 4.78 is 98.7. The smallest absolute Gasteiger partial charge is 0.422 e. The fourth-order valence-electron chi connectivity index (χ4n) is 7.58. The molecule has 2 fully saturated rings. The number of carbonyl (C=O) groups is 2. The van der Waals surface area contributed by atoms with E-state index in [1.54, 1.807) is 36.4 Å². The molecule has 0 bridgehead atoms. The minimum atomic E-state index is -4.47. The number of aromatic nitrogens is 4. The van der Waals surface area contributed by atoms with Crippen LogP contribution in [0, 0.1) is 0 Å². The lowest BCUT2D eigenvalue weighted by molar-refractivity contribution is -0.154. The van der Waals surface area contributed by atoms with Gasteiger partial charge in [-0.15, -0.1) is 0 Å². The Hall–Kier alpha value is -6.82. The van der Waals surface area contributed by atoms with E-state index in [0.717, 1.165) is 33.7 Å². The third-order valence-corrected chi connectivity index (χ3v) is 11.0. The number of para-hydroxylation sites is 4. The lowest BCUT2D eigenvalue weighted by Crippen LogP contribution is -2.47. The average Bonchev–Trinajstić information content (AvgIpc) is 3.31. The van der Waals surface area contributed by atoms with Gasteiger partial charge in [-0.2, -0.15) is 26.3 Å². The minimum Gasteiger partial charge on any atom is -0.482 e. The van der Waals surface area contributed by atoms with Crippen molar-refractivity contribution in [1.82, 2.24) is 28.9 Å². The van der Waals surface area contributed by atoms with Crippen LogP contribution in [0.4, 0.5) is 37.7 Å². The molecule has 6 rings (SSSR count). The number of hydrogen-bond acceptors (Lipinski definition) is 14. The number of aromatic amines is 2. The van der Waals surface area contributed by atoms with Gasteiger partial charge in [-0.25, -0.2) is 19.2 Å². The fourth-order valence-corrected chi connectivity index (χ4v) is 7.58. The number of esters is 2. The molecule has 18 nitrogen and oxygen atoms in total. The van der Waals surface area contributed by atoms with Crippen LogP contribution in [0.5, 0.6) is 11.5 Å². The number of nitrogens with one attached hydrogen (secondary N) is 2. The van der Waals surface area contributed by atoms with Gasteiger partial charge in [0.1, 0.15) is 24.7 Å². The summed E-state index contributed by atoms with van der Waals surface area (Å²) >= 11 is 0. The molecule has 0 saturated carbocycles. The normalized spacial score (nSPS) is 15.1. The number of ether oxygens (including phenoxy) is 4. The Labute approximate surface area is 383 Å².